The van der Waals surface area contributed by atoms with Gasteiger partial charge >= 0.3 is 6.09 Å². The predicted molar refractivity (Wildman–Crippen MR) is 110 cm³/mol. The number of H-pyrrole nitrogens is 1. The van der Waals surface area contributed by atoms with Crippen LogP contribution >= 0.6 is 0 Å². The van der Waals surface area contributed by atoms with Crippen molar-refractivity contribution >= 4 is 27.6 Å². The van der Waals surface area contributed by atoms with E-state index in [-0.39, 0.29) is 29.2 Å². The summed E-state index contributed by atoms with van der Waals surface area (Å²) in [4.78, 5) is 15.9. The van der Waals surface area contributed by atoms with E-state index in [0.29, 0.717) is 23.6 Å². The molecule has 0 unspecified atom stereocenters. The maximum Gasteiger partial charge on any atom is 0.407 e. The first-order valence-electron chi connectivity index (χ1n) is 9.97. The second kappa shape index (κ2) is 7.88. The Morgan fingerprint density at radius 2 is 2.13 bits per heavy atom. The Balaban J connectivity index is 1.38. The van der Waals surface area contributed by atoms with E-state index < -0.39 is 10.0 Å². The number of alkyl carbamates (subject to hydrolysis) is 1. The summed E-state index contributed by atoms with van der Waals surface area (Å²) in [5.74, 6) is 0.865. The van der Waals surface area contributed by atoms with Crippen molar-refractivity contribution in [2.24, 2.45) is 0 Å². The van der Waals surface area contributed by atoms with Gasteiger partial charge in [0.25, 0.3) is 10.0 Å². The van der Waals surface area contributed by atoms with Gasteiger partial charge < -0.3 is 15.4 Å². The number of carbonyl (C=O) groups excluding carboxylic acids is 1. The number of aromatic nitrogens is 3. The Morgan fingerprint density at radius 1 is 1.33 bits per heavy atom. The molecule has 0 aromatic carbocycles. The first-order valence-corrected chi connectivity index (χ1v) is 11.4. The monoisotopic (exact) mass is 434 g/mol. The molecular weight excluding hydrogens is 408 g/mol. The lowest BCUT2D eigenvalue weighted by Gasteiger charge is -2.14. The molecule has 11 heteroatoms. The van der Waals surface area contributed by atoms with E-state index in [4.69, 9.17) is 4.74 Å². The van der Waals surface area contributed by atoms with Crippen molar-refractivity contribution in [3.8, 4) is 0 Å². The van der Waals surface area contributed by atoms with E-state index in [1.807, 2.05) is 19.9 Å². The first-order chi connectivity index (χ1) is 14.2. The molecular formula is C19H26N6O4S. The Kier molecular flexibility index (Phi) is 5.41. The summed E-state index contributed by atoms with van der Waals surface area (Å²) in [6.07, 6.45) is 3.49. The Hall–Kier alpha value is -2.66. The maximum atomic E-state index is 12.1. The molecule has 0 radical (unpaired) electrons. The van der Waals surface area contributed by atoms with Gasteiger partial charge in [-0.25, -0.2) is 18.2 Å². The number of ether oxygens (including phenoxy) is 1. The highest BCUT2D eigenvalue weighted by atomic mass is 32.2. The molecule has 0 spiro atoms. The fraction of sp³-hybridized carbons (Fsp3) is 0.526. The summed E-state index contributed by atoms with van der Waals surface area (Å²) in [5, 5.41) is 13.4. The van der Waals surface area contributed by atoms with Crippen LogP contribution in [-0.2, 0) is 21.3 Å². The van der Waals surface area contributed by atoms with Crippen LogP contribution in [0.15, 0.2) is 23.4 Å². The van der Waals surface area contributed by atoms with Gasteiger partial charge in [-0.15, -0.1) is 0 Å². The van der Waals surface area contributed by atoms with Crippen molar-refractivity contribution in [1.82, 2.24) is 24.8 Å². The minimum Gasteiger partial charge on any atom is -0.446 e. The number of rotatable bonds is 5. The van der Waals surface area contributed by atoms with Crippen LogP contribution in [0.1, 0.15) is 50.3 Å². The highest BCUT2D eigenvalue weighted by Gasteiger charge is 2.33. The largest absolute Gasteiger partial charge is 0.446 e. The van der Waals surface area contributed by atoms with Gasteiger partial charge in [0, 0.05) is 42.9 Å². The molecule has 2 aromatic heterocycles. The molecule has 162 valence electrons. The highest BCUT2D eigenvalue weighted by molar-refractivity contribution is 7.89. The molecule has 30 heavy (non-hydrogen) atoms. The summed E-state index contributed by atoms with van der Waals surface area (Å²) in [7, 11) is -1.93. The number of sulfonamides is 1. The van der Waals surface area contributed by atoms with Gasteiger partial charge in [0.1, 0.15) is 6.10 Å². The minimum atomic E-state index is -3.47. The fourth-order valence-corrected chi connectivity index (χ4v) is 5.14. The molecule has 0 saturated heterocycles. The lowest BCUT2D eigenvalue weighted by molar-refractivity contribution is 0.0981. The molecule has 10 nitrogen and oxygen atoms in total. The zero-order valence-electron chi connectivity index (χ0n) is 17.2. The predicted octanol–water partition coefficient (Wildman–Crippen LogP) is 2.45. The number of nitrogens with zero attached hydrogens (tertiary/aromatic N) is 3. The third-order valence-electron chi connectivity index (χ3n) is 5.35. The quantitative estimate of drug-likeness (QED) is 0.659. The van der Waals surface area contributed by atoms with Gasteiger partial charge in [0.2, 0.25) is 0 Å². The van der Waals surface area contributed by atoms with E-state index in [2.05, 4.69) is 25.8 Å². The number of nitrogens with one attached hydrogen (secondary N) is 3. The maximum absolute atomic E-state index is 12.1. The lowest BCUT2D eigenvalue weighted by Crippen LogP contribution is -2.33. The fourth-order valence-electron chi connectivity index (χ4n) is 3.89. The van der Waals surface area contributed by atoms with Crippen LogP contribution in [0, 0.1) is 0 Å². The van der Waals surface area contributed by atoms with Crippen molar-refractivity contribution in [3.05, 3.63) is 29.6 Å². The number of hydrogen-bond donors (Lipinski definition) is 3. The lowest BCUT2D eigenvalue weighted by atomic mass is 10.0. The summed E-state index contributed by atoms with van der Waals surface area (Å²) in [6.45, 7) is 4.09. The molecule has 2 aromatic rings. The average molecular weight is 435 g/mol. The Bertz CT molecular complexity index is 1050. The summed E-state index contributed by atoms with van der Waals surface area (Å²) >= 11 is 0. The number of aromatic amines is 1. The summed E-state index contributed by atoms with van der Waals surface area (Å²) in [5.41, 5.74) is 2.31. The van der Waals surface area contributed by atoms with Gasteiger partial charge in [0.15, 0.2) is 10.8 Å². The molecule has 1 saturated carbocycles. The van der Waals surface area contributed by atoms with Crippen molar-refractivity contribution < 1.29 is 17.9 Å². The van der Waals surface area contributed by atoms with E-state index in [1.54, 1.807) is 6.07 Å². The van der Waals surface area contributed by atoms with Crippen LogP contribution in [0.3, 0.4) is 0 Å². The van der Waals surface area contributed by atoms with E-state index >= 15 is 0 Å². The van der Waals surface area contributed by atoms with E-state index in [0.717, 1.165) is 25.0 Å². The van der Waals surface area contributed by atoms with Crippen molar-refractivity contribution in [1.29, 1.82) is 0 Å². The van der Waals surface area contributed by atoms with Crippen LogP contribution < -0.4 is 10.6 Å². The van der Waals surface area contributed by atoms with Crippen molar-refractivity contribution in [2.75, 3.05) is 12.4 Å². The minimum absolute atomic E-state index is 0.0464. The Labute approximate surface area is 175 Å². The molecule has 1 aliphatic heterocycles. The first kappa shape index (κ1) is 20.6. The third-order valence-corrected chi connectivity index (χ3v) is 7.15. The Morgan fingerprint density at radius 3 is 2.90 bits per heavy atom. The number of pyridine rings is 1. The third kappa shape index (κ3) is 4.12. The number of fused-ring (bicyclic) bond motifs is 1. The molecule has 2 atom stereocenters. The molecule has 2 aliphatic rings. The van der Waals surface area contributed by atoms with Crippen molar-refractivity contribution in [3.63, 3.8) is 0 Å². The van der Waals surface area contributed by atoms with E-state index in [9.17, 15) is 13.2 Å². The van der Waals surface area contributed by atoms with Crippen LogP contribution in [-0.4, -0.2) is 53.2 Å². The van der Waals surface area contributed by atoms with Crippen LogP contribution in [0.25, 0.3) is 0 Å². The topological polar surface area (TPSA) is 129 Å². The SMILES string of the molecule is CC(C)NC(=O)O[C@@H]1CC[C@H](c2cc(Nc3cnc4c(c3)CN(C)S4(=O)=O)n[nH]2)C1. The number of anilines is 2. The molecule has 1 aliphatic carbocycles. The zero-order valence-corrected chi connectivity index (χ0v) is 18.0. The van der Waals surface area contributed by atoms with Gasteiger partial charge in [0.05, 0.1) is 11.9 Å². The average Bonchev–Trinajstić information content (AvgIpc) is 3.34. The normalized spacial score (nSPS) is 22.8. The van der Waals surface area contributed by atoms with Crippen molar-refractivity contribution in [2.45, 2.75) is 62.7 Å². The van der Waals surface area contributed by atoms with Crippen LogP contribution in [0.5, 0.6) is 0 Å². The van der Waals surface area contributed by atoms with Crippen LogP contribution in [0.2, 0.25) is 0 Å². The second-order valence-electron chi connectivity index (χ2n) is 8.12. The number of carbonyl (C=O) groups is 1. The number of amides is 1. The van der Waals surface area contributed by atoms with Crippen LogP contribution in [0.4, 0.5) is 16.3 Å². The molecule has 3 heterocycles. The molecule has 1 fully saturated rings. The standard InChI is InChI=1S/C19H26N6O4S/c1-11(2)21-19(26)29-15-5-4-12(7-15)16-8-17(24-23-16)22-14-6-13-10-25(3)30(27,28)18(13)20-9-14/h6,8-9,11-12,15H,4-5,7,10H2,1-3H3,(H,21,26)(H2,22,23,24)/t12-,15+/m0/s1. The second-order valence-corrected chi connectivity index (χ2v) is 10.1. The van der Waals surface area contributed by atoms with Gasteiger partial charge in [-0.05, 0) is 39.2 Å². The molecule has 3 N–H and O–H groups in total. The highest BCUT2D eigenvalue weighted by Crippen LogP contribution is 2.36. The number of hydrogen-bond acceptors (Lipinski definition) is 7. The molecule has 0 bridgehead atoms. The summed E-state index contributed by atoms with van der Waals surface area (Å²) in [6, 6.07) is 3.76. The molecule has 1 amide bonds. The van der Waals surface area contributed by atoms with E-state index in [1.165, 1.54) is 17.5 Å². The summed E-state index contributed by atoms with van der Waals surface area (Å²) < 4.78 is 31.0. The molecule has 4 rings (SSSR count). The van der Waals surface area contributed by atoms with Gasteiger partial charge in [-0.3, -0.25) is 5.10 Å². The smallest absolute Gasteiger partial charge is 0.407 e. The van der Waals surface area contributed by atoms with Gasteiger partial charge in [-0.2, -0.15) is 9.40 Å². The zero-order chi connectivity index (χ0) is 21.5. The van der Waals surface area contributed by atoms with Gasteiger partial charge in [-0.1, -0.05) is 0 Å².